The Morgan fingerprint density at radius 1 is 1.27 bits per heavy atom. The molecule has 0 aromatic carbocycles. The summed E-state index contributed by atoms with van der Waals surface area (Å²) in [5, 5.41) is 0. The zero-order valence-corrected chi connectivity index (χ0v) is 9.41. The van der Waals surface area contributed by atoms with Crippen LogP contribution < -0.4 is 0 Å². The molecule has 0 aromatic heterocycles. The van der Waals surface area contributed by atoms with Gasteiger partial charge < -0.3 is 9.47 Å². The van der Waals surface area contributed by atoms with Crippen molar-refractivity contribution >= 4 is 5.97 Å². The van der Waals surface area contributed by atoms with Crippen LogP contribution in [0.4, 0.5) is 0 Å². The molecule has 3 nitrogen and oxygen atoms in total. The summed E-state index contributed by atoms with van der Waals surface area (Å²) >= 11 is 0. The second-order valence-electron chi connectivity index (χ2n) is 4.66. The SMILES string of the molecule is CCC(=O)OCCOC1CC2CCC1C2. The van der Waals surface area contributed by atoms with Gasteiger partial charge in [-0.05, 0) is 37.5 Å². The summed E-state index contributed by atoms with van der Waals surface area (Å²) in [6.45, 7) is 2.79. The molecule has 0 heterocycles. The average Bonchev–Trinajstić information content (AvgIpc) is 2.85. The molecule has 0 aromatic rings. The van der Waals surface area contributed by atoms with Crippen molar-refractivity contribution in [1.29, 1.82) is 0 Å². The number of hydrogen-bond acceptors (Lipinski definition) is 3. The van der Waals surface area contributed by atoms with Gasteiger partial charge in [-0.1, -0.05) is 6.92 Å². The molecule has 3 unspecified atom stereocenters. The summed E-state index contributed by atoms with van der Waals surface area (Å²) in [5.74, 6) is 1.57. The lowest BCUT2D eigenvalue weighted by molar-refractivity contribution is -0.145. The van der Waals surface area contributed by atoms with Gasteiger partial charge in [-0.25, -0.2) is 0 Å². The van der Waals surface area contributed by atoms with Crippen molar-refractivity contribution in [2.45, 2.75) is 45.1 Å². The van der Waals surface area contributed by atoms with Gasteiger partial charge in [0, 0.05) is 6.42 Å². The normalized spacial score (nSPS) is 33.3. The molecule has 0 aliphatic heterocycles. The summed E-state index contributed by atoms with van der Waals surface area (Å²) < 4.78 is 10.7. The van der Waals surface area contributed by atoms with E-state index in [1.54, 1.807) is 6.92 Å². The molecule has 2 fully saturated rings. The van der Waals surface area contributed by atoms with Gasteiger partial charge >= 0.3 is 5.97 Å². The first kappa shape index (κ1) is 10.9. The van der Waals surface area contributed by atoms with Crippen LogP contribution >= 0.6 is 0 Å². The zero-order valence-electron chi connectivity index (χ0n) is 9.41. The molecule has 3 atom stereocenters. The van der Waals surface area contributed by atoms with Gasteiger partial charge in [-0.3, -0.25) is 4.79 Å². The summed E-state index contributed by atoms with van der Waals surface area (Å²) in [6.07, 6.45) is 6.23. The van der Waals surface area contributed by atoms with Crippen molar-refractivity contribution in [3.63, 3.8) is 0 Å². The Kier molecular flexibility index (Phi) is 3.62. The quantitative estimate of drug-likeness (QED) is 0.517. The fraction of sp³-hybridized carbons (Fsp3) is 0.917. The molecule has 0 N–H and O–H groups in total. The summed E-state index contributed by atoms with van der Waals surface area (Å²) in [6, 6.07) is 0. The topological polar surface area (TPSA) is 35.5 Å². The summed E-state index contributed by atoms with van der Waals surface area (Å²) in [7, 11) is 0. The molecule has 0 radical (unpaired) electrons. The largest absolute Gasteiger partial charge is 0.463 e. The van der Waals surface area contributed by atoms with E-state index in [-0.39, 0.29) is 5.97 Å². The molecule has 2 aliphatic rings. The number of fused-ring (bicyclic) bond motifs is 2. The van der Waals surface area contributed by atoms with E-state index in [0.29, 0.717) is 25.7 Å². The summed E-state index contributed by atoms with van der Waals surface area (Å²) in [4.78, 5) is 10.9. The second kappa shape index (κ2) is 4.97. The monoisotopic (exact) mass is 212 g/mol. The number of carbonyl (C=O) groups is 1. The van der Waals surface area contributed by atoms with Gasteiger partial charge in [0.15, 0.2) is 0 Å². The zero-order chi connectivity index (χ0) is 10.7. The van der Waals surface area contributed by atoms with E-state index < -0.39 is 0 Å². The maximum absolute atomic E-state index is 10.9. The van der Waals surface area contributed by atoms with Crippen LogP contribution in [-0.2, 0) is 14.3 Å². The predicted octanol–water partition coefficient (Wildman–Crippen LogP) is 2.14. The van der Waals surface area contributed by atoms with Gasteiger partial charge in [0.05, 0.1) is 12.7 Å². The van der Waals surface area contributed by atoms with Crippen LogP contribution in [0.3, 0.4) is 0 Å². The van der Waals surface area contributed by atoms with Crippen molar-refractivity contribution in [2.75, 3.05) is 13.2 Å². The smallest absolute Gasteiger partial charge is 0.305 e. The molecule has 2 saturated carbocycles. The van der Waals surface area contributed by atoms with E-state index in [2.05, 4.69) is 0 Å². The fourth-order valence-electron chi connectivity index (χ4n) is 2.85. The third kappa shape index (κ3) is 2.71. The molecule has 86 valence electrons. The first-order valence-corrected chi connectivity index (χ1v) is 6.06. The minimum Gasteiger partial charge on any atom is -0.463 e. The van der Waals surface area contributed by atoms with Crippen molar-refractivity contribution in [3.8, 4) is 0 Å². The minimum absolute atomic E-state index is 0.133. The molecule has 2 rings (SSSR count). The van der Waals surface area contributed by atoms with E-state index in [9.17, 15) is 4.79 Å². The molecule has 0 spiro atoms. The lowest BCUT2D eigenvalue weighted by Gasteiger charge is -2.21. The Balaban J connectivity index is 1.57. The molecule has 2 bridgehead atoms. The Bertz CT molecular complexity index is 227. The van der Waals surface area contributed by atoms with Crippen LogP contribution in [0.15, 0.2) is 0 Å². The Hall–Kier alpha value is -0.570. The predicted molar refractivity (Wildman–Crippen MR) is 56.4 cm³/mol. The third-order valence-electron chi connectivity index (χ3n) is 3.64. The highest BCUT2D eigenvalue weighted by Gasteiger charge is 2.39. The minimum atomic E-state index is -0.133. The molecule has 0 saturated heterocycles. The molecule has 0 amide bonds. The number of esters is 1. The van der Waals surface area contributed by atoms with Crippen LogP contribution in [0.5, 0.6) is 0 Å². The van der Waals surface area contributed by atoms with E-state index >= 15 is 0 Å². The van der Waals surface area contributed by atoms with Crippen molar-refractivity contribution in [2.24, 2.45) is 11.8 Å². The van der Waals surface area contributed by atoms with Gasteiger partial charge in [0.2, 0.25) is 0 Å². The fourth-order valence-corrected chi connectivity index (χ4v) is 2.85. The Morgan fingerprint density at radius 3 is 2.73 bits per heavy atom. The number of hydrogen-bond donors (Lipinski definition) is 0. The Morgan fingerprint density at radius 2 is 2.13 bits per heavy atom. The lowest BCUT2D eigenvalue weighted by Crippen LogP contribution is -2.23. The highest BCUT2D eigenvalue weighted by atomic mass is 16.6. The van der Waals surface area contributed by atoms with Gasteiger partial charge in [0.25, 0.3) is 0 Å². The first-order valence-electron chi connectivity index (χ1n) is 6.06. The molecular formula is C12H20O3. The molecule has 3 heteroatoms. The van der Waals surface area contributed by atoms with Gasteiger partial charge in [-0.2, -0.15) is 0 Å². The lowest BCUT2D eigenvalue weighted by atomic mass is 9.98. The highest BCUT2D eigenvalue weighted by Crippen LogP contribution is 2.45. The van der Waals surface area contributed by atoms with Crippen molar-refractivity contribution in [1.82, 2.24) is 0 Å². The van der Waals surface area contributed by atoms with Crippen LogP contribution in [-0.4, -0.2) is 25.3 Å². The third-order valence-corrected chi connectivity index (χ3v) is 3.64. The molecule has 15 heavy (non-hydrogen) atoms. The van der Waals surface area contributed by atoms with E-state index in [1.165, 1.54) is 25.7 Å². The van der Waals surface area contributed by atoms with Crippen LogP contribution in [0.1, 0.15) is 39.0 Å². The van der Waals surface area contributed by atoms with Gasteiger partial charge in [-0.15, -0.1) is 0 Å². The van der Waals surface area contributed by atoms with Crippen LogP contribution in [0.2, 0.25) is 0 Å². The maximum Gasteiger partial charge on any atom is 0.305 e. The van der Waals surface area contributed by atoms with Crippen molar-refractivity contribution in [3.05, 3.63) is 0 Å². The molecular weight excluding hydrogens is 192 g/mol. The number of carbonyl (C=O) groups excluding carboxylic acids is 1. The molecule has 2 aliphatic carbocycles. The van der Waals surface area contributed by atoms with Crippen LogP contribution in [0.25, 0.3) is 0 Å². The first-order chi connectivity index (χ1) is 7.29. The number of rotatable bonds is 5. The van der Waals surface area contributed by atoms with E-state index in [0.717, 1.165) is 11.8 Å². The second-order valence-corrected chi connectivity index (χ2v) is 4.66. The average molecular weight is 212 g/mol. The van der Waals surface area contributed by atoms with E-state index in [1.807, 2.05) is 0 Å². The highest BCUT2D eigenvalue weighted by molar-refractivity contribution is 5.68. The van der Waals surface area contributed by atoms with Crippen LogP contribution in [0, 0.1) is 11.8 Å². The van der Waals surface area contributed by atoms with Gasteiger partial charge in [0.1, 0.15) is 6.61 Å². The summed E-state index contributed by atoms with van der Waals surface area (Å²) in [5.41, 5.74) is 0. The van der Waals surface area contributed by atoms with E-state index in [4.69, 9.17) is 9.47 Å². The van der Waals surface area contributed by atoms with Crippen molar-refractivity contribution < 1.29 is 14.3 Å². The number of ether oxygens (including phenoxy) is 2. The maximum atomic E-state index is 10.9. The standard InChI is InChI=1S/C12H20O3/c1-2-12(13)15-6-5-14-11-8-9-3-4-10(11)7-9/h9-11H,2-8H2,1H3. The Labute approximate surface area is 91.1 Å².